The van der Waals surface area contributed by atoms with Gasteiger partial charge in [-0.25, -0.2) is 4.98 Å². The number of nitrogens with one attached hydrogen (secondary N) is 1. The third-order valence-electron chi connectivity index (χ3n) is 3.34. The maximum Gasteiger partial charge on any atom is 0.157 e. The van der Waals surface area contributed by atoms with Gasteiger partial charge in [-0.3, -0.25) is 4.98 Å². The molecule has 20 heavy (non-hydrogen) atoms. The second kappa shape index (κ2) is 5.43. The molecule has 0 aliphatic heterocycles. The molecule has 0 aliphatic carbocycles. The van der Waals surface area contributed by atoms with Gasteiger partial charge in [-0.15, -0.1) is 0 Å². The molecule has 0 bridgehead atoms. The van der Waals surface area contributed by atoms with Crippen molar-refractivity contribution in [1.82, 2.24) is 15.0 Å². The van der Waals surface area contributed by atoms with E-state index in [2.05, 4.69) is 33.2 Å². The standard InChI is InChI=1S/C16H18N4/c1-11(17)5-6-12-7-8-13-15(10-12)20-16(19-13)14-4-2-3-9-18-14/h2-4,7-11H,5-6,17H2,1H3,(H,19,20). The van der Waals surface area contributed by atoms with Gasteiger partial charge in [0.1, 0.15) is 5.69 Å². The predicted octanol–water partition coefficient (Wildman–Crippen LogP) is 2.90. The molecular weight excluding hydrogens is 248 g/mol. The highest BCUT2D eigenvalue weighted by atomic mass is 14.9. The Kier molecular flexibility index (Phi) is 3.48. The summed E-state index contributed by atoms with van der Waals surface area (Å²) in [5, 5.41) is 0. The number of benzene rings is 1. The van der Waals surface area contributed by atoms with Gasteiger partial charge in [0.2, 0.25) is 0 Å². The van der Waals surface area contributed by atoms with Crippen LogP contribution < -0.4 is 5.73 Å². The molecule has 2 aromatic heterocycles. The molecule has 2 heterocycles. The lowest BCUT2D eigenvalue weighted by Gasteiger charge is -2.04. The molecule has 0 amide bonds. The average Bonchev–Trinajstić information content (AvgIpc) is 2.89. The van der Waals surface area contributed by atoms with Crippen LogP contribution in [0.3, 0.4) is 0 Å². The quantitative estimate of drug-likeness (QED) is 0.763. The Hall–Kier alpha value is -2.20. The Morgan fingerprint density at radius 2 is 2.15 bits per heavy atom. The fourth-order valence-corrected chi connectivity index (χ4v) is 2.23. The molecule has 3 aromatic rings. The molecule has 0 radical (unpaired) electrons. The molecule has 3 N–H and O–H groups in total. The zero-order valence-electron chi connectivity index (χ0n) is 11.5. The van der Waals surface area contributed by atoms with E-state index < -0.39 is 0 Å². The molecule has 1 unspecified atom stereocenters. The molecule has 3 rings (SSSR count). The third-order valence-corrected chi connectivity index (χ3v) is 3.34. The smallest absolute Gasteiger partial charge is 0.157 e. The van der Waals surface area contributed by atoms with Gasteiger partial charge in [0.25, 0.3) is 0 Å². The van der Waals surface area contributed by atoms with Crippen molar-refractivity contribution in [1.29, 1.82) is 0 Å². The molecular formula is C16H18N4. The van der Waals surface area contributed by atoms with E-state index in [0.29, 0.717) is 0 Å². The van der Waals surface area contributed by atoms with E-state index in [-0.39, 0.29) is 6.04 Å². The van der Waals surface area contributed by atoms with Crippen LogP contribution in [0.1, 0.15) is 18.9 Å². The first-order valence-corrected chi connectivity index (χ1v) is 6.88. The number of aromatic nitrogens is 3. The lowest BCUT2D eigenvalue weighted by atomic mass is 10.1. The first-order chi connectivity index (χ1) is 9.72. The van der Waals surface area contributed by atoms with Crippen LogP contribution in [-0.2, 0) is 6.42 Å². The molecule has 4 heteroatoms. The summed E-state index contributed by atoms with van der Waals surface area (Å²) in [5.41, 5.74) is 9.97. The van der Waals surface area contributed by atoms with Crippen LogP contribution in [0.15, 0.2) is 42.6 Å². The maximum atomic E-state index is 5.80. The Morgan fingerprint density at radius 1 is 1.25 bits per heavy atom. The SMILES string of the molecule is CC(N)CCc1ccc2nc(-c3ccccn3)[nH]c2c1. The summed E-state index contributed by atoms with van der Waals surface area (Å²) in [5.74, 6) is 0.810. The summed E-state index contributed by atoms with van der Waals surface area (Å²) in [6.45, 7) is 2.04. The molecule has 0 fully saturated rings. The van der Waals surface area contributed by atoms with Gasteiger partial charge in [-0.2, -0.15) is 0 Å². The summed E-state index contributed by atoms with van der Waals surface area (Å²) in [6.07, 6.45) is 3.76. The van der Waals surface area contributed by atoms with Gasteiger partial charge in [0.05, 0.1) is 11.0 Å². The van der Waals surface area contributed by atoms with E-state index in [0.717, 1.165) is 35.4 Å². The summed E-state index contributed by atoms with van der Waals surface area (Å²) >= 11 is 0. The van der Waals surface area contributed by atoms with Crippen molar-refractivity contribution in [2.75, 3.05) is 0 Å². The molecule has 102 valence electrons. The van der Waals surface area contributed by atoms with Gasteiger partial charge < -0.3 is 10.7 Å². The summed E-state index contributed by atoms with van der Waals surface area (Å²) in [7, 11) is 0. The highest BCUT2D eigenvalue weighted by Gasteiger charge is 2.06. The predicted molar refractivity (Wildman–Crippen MR) is 81.3 cm³/mol. The Balaban J connectivity index is 1.91. The van der Waals surface area contributed by atoms with Crippen molar-refractivity contribution in [3.63, 3.8) is 0 Å². The topological polar surface area (TPSA) is 67.6 Å². The highest BCUT2D eigenvalue weighted by molar-refractivity contribution is 5.79. The number of nitrogens with two attached hydrogens (primary N) is 1. The van der Waals surface area contributed by atoms with Crippen molar-refractivity contribution >= 4 is 11.0 Å². The van der Waals surface area contributed by atoms with E-state index >= 15 is 0 Å². The van der Waals surface area contributed by atoms with E-state index in [1.165, 1.54) is 5.56 Å². The van der Waals surface area contributed by atoms with Gasteiger partial charge in [-0.1, -0.05) is 12.1 Å². The highest BCUT2D eigenvalue weighted by Crippen LogP contribution is 2.20. The average molecular weight is 266 g/mol. The van der Waals surface area contributed by atoms with Crippen LogP contribution in [0.25, 0.3) is 22.6 Å². The number of aromatic amines is 1. The van der Waals surface area contributed by atoms with Crippen molar-refractivity contribution in [2.45, 2.75) is 25.8 Å². The van der Waals surface area contributed by atoms with Gasteiger partial charge in [-0.05, 0) is 49.6 Å². The number of imidazole rings is 1. The summed E-state index contributed by atoms with van der Waals surface area (Å²) < 4.78 is 0. The van der Waals surface area contributed by atoms with Crippen LogP contribution in [0.5, 0.6) is 0 Å². The summed E-state index contributed by atoms with van der Waals surface area (Å²) in [4.78, 5) is 12.2. The fourth-order valence-electron chi connectivity index (χ4n) is 2.23. The first kappa shape index (κ1) is 12.8. The van der Waals surface area contributed by atoms with Gasteiger partial charge >= 0.3 is 0 Å². The number of hydrogen-bond acceptors (Lipinski definition) is 3. The minimum atomic E-state index is 0.233. The Bertz CT molecular complexity index is 701. The lowest BCUT2D eigenvalue weighted by molar-refractivity contribution is 0.666. The maximum absolute atomic E-state index is 5.80. The van der Waals surface area contributed by atoms with E-state index in [4.69, 9.17) is 5.73 Å². The molecule has 1 aromatic carbocycles. The zero-order chi connectivity index (χ0) is 13.9. The number of nitrogens with zero attached hydrogens (tertiary/aromatic N) is 2. The van der Waals surface area contributed by atoms with Crippen LogP contribution in [0.4, 0.5) is 0 Å². The zero-order valence-corrected chi connectivity index (χ0v) is 11.5. The number of aryl methyl sites for hydroxylation is 1. The van der Waals surface area contributed by atoms with Gasteiger partial charge in [0, 0.05) is 12.2 Å². The minimum Gasteiger partial charge on any atom is -0.337 e. The van der Waals surface area contributed by atoms with Gasteiger partial charge in [0.15, 0.2) is 5.82 Å². The fraction of sp³-hybridized carbons (Fsp3) is 0.250. The molecule has 0 spiro atoms. The molecule has 1 atom stereocenters. The molecule has 0 aliphatic rings. The van der Waals surface area contributed by atoms with Crippen LogP contribution in [0.2, 0.25) is 0 Å². The van der Waals surface area contributed by atoms with Crippen molar-refractivity contribution in [3.05, 3.63) is 48.2 Å². The number of hydrogen-bond donors (Lipinski definition) is 2. The van der Waals surface area contributed by atoms with E-state index in [1.54, 1.807) is 6.20 Å². The normalized spacial score (nSPS) is 12.7. The number of fused-ring (bicyclic) bond motifs is 1. The van der Waals surface area contributed by atoms with Crippen LogP contribution in [0, 0.1) is 0 Å². The largest absolute Gasteiger partial charge is 0.337 e. The monoisotopic (exact) mass is 266 g/mol. The molecule has 0 saturated heterocycles. The van der Waals surface area contributed by atoms with Crippen LogP contribution >= 0.6 is 0 Å². The van der Waals surface area contributed by atoms with Crippen molar-refractivity contribution in [2.24, 2.45) is 5.73 Å². The van der Waals surface area contributed by atoms with Crippen molar-refractivity contribution in [3.8, 4) is 11.5 Å². The number of pyridine rings is 1. The molecule has 0 saturated carbocycles. The van der Waals surface area contributed by atoms with Crippen LogP contribution in [-0.4, -0.2) is 21.0 Å². The Morgan fingerprint density at radius 3 is 2.90 bits per heavy atom. The van der Waals surface area contributed by atoms with E-state index in [9.17, 15) is 0 Å². The number of H-pyrrole nitrogens is 1. The third kappa shape index (κ3) is 2.70. The van der Waals surface area contributed by atoms with Crippen molar-refractivity contribution < 1.29 is 0 Å². The summed E-state index contributed by atoms with van der Waals surface area (Å²) in [6, 6.07) is 12.4. The first-order valence-electron chi connectivity index (χ1n) is 6.88. The second-order valence-electron chi connectivity index (χ2n) is 5.17. The minimum absolute atomic E-state index is 0.233. The molecule has 4 nitrogen and oxygen atoms in total. The lowest BCUT2D eigenvalue weighted by Crippen LogP contribution is -2.15. The second-order valence-corrected chi connectivity index (χ2v) is 5.17. The number of rotatable bonds is 4. The van der Waals surface area contributed by atoms with E-state index in [1.807, 2.05) is 25.1 Å². The Labute approximate surface area is 118 Å².